The SMILES string of the molecule is CC/C=C\CC1OC1C/C=C\C/C=C\C/C=C\C/C=C\CCC(=O)OC[C@H](COP(=O)(O)O)OC(=O)CCCCCC/C=C\C/C=C\C/C=C\CCCCC. The van der Waals surface area contributed by atoms with Crippen LogP contribution in [-0.2, 0) is 32.9 Å². The van der Waals surface area contributed by atoms with Crippen LogP contribution in [-0.4, -0.2) is 53.3 Å². The minimum atomic E-state index is -4.79. The first-order valence-corrected chi connectivity index (χ1v) is 22.2. The highest BCUT2D eigenvalue weighted by molar-refractivity contribution is 7.46. The fourth-order valence-electron chi connectivity index (χ4n) is 5.33. The first-order chi connectivity index (χ1) is 26.7. The molecule has 1 heterocycles. The van der Waals surface area contributed by atoms with Crippen LogP contribution in [0.5, 0.6) is 0 Å². The summed E-state index contributed by atoms with van der Waals surface area (Å²) in [7, 11) is -4.79. The monoisotopic (exact) mass is 786 g/mol. The summed E-state index contributed by atoms with van der Waals surface area (Å²) < 4.78 is 31.9. The second-order valence-electron chi connectivity index (χ2n) is 13.6. The van der Waals surface area contributed by atoms with Gasteiger partial charge in [-0.05, 0) is 89.9 Å². The highest BCUT2D eigenvalue weighted by Crippen LogP contribution is 2.36. The predicted octanol–water partition coefficient (Wildman–Crippen LogP) is 11.6. The maximum absolute atomic E-state index is 12.4. The quantitative estimate of drug-likeness (QED) is 0.0212. The van der Waals surface area contributed by atoms with Gasteiger partial charge in [0.25, 0.3) is 0 Å². The number of epoxide rings is 1. The molecule has 10 heteroatoms. The summed E-state index contributed by atoms with van der Waals surface area (Å²) in [4.78, 5) is 42.8. The van der Waals surface area contributed by atoms with E-state index >= 15 is 0 Å². The minimum absolute atomic E-state index is 0.128. The molecule has 55 heavy (non-hydrogen) atoms. The normalized spacial score (nSPS) is 17.2. The molecule has 3 atom stereocenters. The smallest absolute Gasteiger partial charge is 0.462 e. The van der Waals surface area contributed by atoms with Crippen molar-refractivity contribution in [2.75, 3.05) is 13.2 Å². The molecule has 0 amide bonds. The van der Waals surface area contributed by atoms with Gasteiger partial charge in [-0.15, -0.1) is 0 Å². The summed E-state index contributed by atoms with van der Waals surface area (Å²) in [5.41, 5.74) is 0. The van der Waals surface area contributed by atoms with Crippen LogP contribution in [0.4, 0.5) is 0 Å². The molecule has 0 aliphatic carbocycles. The molecule has 1 aliphatic heterocycles. The number of esters is 2. The molecule has 0 spiro atoms. The van der Waals surface area contributed by atoms with Gasteiger partial charge >= 0.3 is 19.8 Å². The van der Waals surface area contributed by atoms with E-state index in [-0.39, 0.29) is 19.4 Å². The summed E-state index contributed by atoms with van der Waals surface area (Å²) in [6.07, 6.45) is 51.8. The van der Waals surface area contributed by atoms with Gasteiger partial charge in [-0.2, -0.15) is 0 Å². The van der Waals surface area contributed by atoms with Crippen molar-refractivity contribution in [2.24, 2.45) is 0 Å². The molecule has 2 N–H and O–H groups in total. The van der Waals surface area contributed by atoms with E-state index in [1.54, 1.807) is 0 Å². The van der Waals surface area contributed by atoms with E-state index < -0.39 is 32.5 Å². The molecule has 0 aromatic rings. The number of ether oxygens (including phenoxy) is 3. The van der Waals surface area contributed by atoms with E-state index in [0.717, 1.165) is 77.0 Å². The van der Waals surface area contributed by atoms with E-state index in [2.05, 4.69) is 103 Å². The third-order valence-electron chi connectivity index (χ3n) is 8.50. The van der Waals surface area contributed by atoms with Gasteiger partial charge in [-0.1, -0.05) is 137 Å². The van der Waals surface area contributed by atoms with Crippen LogP contribution in [0.3, 0.4) is 0 Å². The average Bonchev–Trinajstić information content (AvgIpc) is 3.91. The Hall–Kier alpha value is -3.07. The molecule has 1 aliphatic rings. The van der Waals surface area contributed by atoms with Crippen LogP contribution in [0.1, 0.15) is 142 Å². The van der Waals surface area contributed by atoms with Crippen molar-refractivity contribution in [3.05, 3.63) is 97.2 Å². The van der Waals surface area contributed by atoms with E-state index in [0.29, 0.717) is 25.0 Å². The Morgan fingerprint density at radius 1 is 0.582 bits per heavy atom. The number of phosphoric ester groups is 1. The molecule has 1 fully saturated rings. The zero-order valence-corrected chi connectivity index (χ0v) is 34.6. The lowest BCUT2D eigenvalue weighted by Crippen LogP contribution is -2.29. The van der Waals surface area contributed by atoms with Gasteiger partial charge in [0.05, 0.1) is 18.8 Å². The number of allylic oxidation sites excluding steroid dienone is 14. The predicted molar refractivity (Wildman–Crippen MR) is 224 cm³/mol. The first kappa shape index (κ1) is 49.9. The van der Waals surface area contributed by atoms with Gasteiger partial charge in [-0.25, -0.2) is 4.57 Å². The molecule has 9 nitrogen and oxygen atoms in total. The van der Waals surface area contributed by atoms with Crippen molar-refractivity contribution < 1.29 is 42.7 Å². The summed E-state index contributed by atoms with van der Waals surface area (Å²) in [6.45, 7) is 3.44. The molecule has 310 valence electrons. The zero-order valence-electron chi connectivity index (χ0n) is 33.7. The standard InChI is InChI=1S/C45H71O9P/c1-3-5-7-8-9-10-11-12-13-14-15-16-21-24-27-30-34-38-45(47)53-41(40-52-55(48,49)50)39-51-44(46)37-33-29-26-23-20-18-17-19-22-25-28-32-36-43-42(54-43)35-31-6-4-2/h6,9-10,12-13,15-16,18-20,22,26,28-29,31-32,41-43H,3-5,7-8,11,14,17,21,23-25,27,30,33-40H2,1-2H3,(H2,48,49,50)/b10-9-,13-12-,16-15-,20-18-,22-19-,29-26-,31-6-,32-28-/t41-,42?,43?/m1/s1. The Bertz CT molecular complexity index is 1270. The Balaban J connectivity index is 2.15. The van der Waals surface area contributed by atoms with Crippen molar-refractivity contribution in [1.29, 1.82) is 0 Å². The van der Waals surface area contributed by atoms with E-state index in [1.165, 1.54) is 25.7 Å². The topological polar surface area (TPSA) is 132 Å². The maximum Gasteiger partial charge on any atom is 0.469 e. The third-order valence-corrected chi connectivity index (χ3v) is 8.99. The Morgan fingerprint density at radius 2 is 1.07 bits per heavy atom. The van der Waals surface area contributed by atoms with Crippen LogP contribution < -0.4 is 0 Å². The van der Waals surface area contributed by atoms with Crippen LogP contribution >= 0.6 is 7.82 Å². The summed E-state index contributed by atoms with van der Waals surface area (Å²) >= 11 is 0. The molecule has 1 saturated heterocycles. The van der Waals surface area contributed by atoms with Crippen molar-refractivity contribution >= 4 is 19.8 Å². The number of hydrogen-bond acceptors (Lipinski definition) is 7. The van der Waals surface area contributed by atoms with Gasteiger partial charge in [0.15, 0.2) is 6.10 Å². The lowest BCUT2D eigenvalue weighted by Gasteiger charge is -2.18. The summed E-state index contributed by atoms with van der Waals surface area (Å²) in [5.74, 6) is -1.02. The van der Waals surface area contributed by atoms with E-state index in [4.69, 9.17) is 24.0 Å². The van der Waals surface area contributed by atoms with Gasteiger partial charge in [0, 0.05) is 12.8 Å². The molecule has 0 radical (unpaired) electrons. The average molecular weight is 787 g/mol. The lowest BCUT2D eigenvalue weighted by molar-refractivity contribution is -0.161. The van der Waals surface area contributed by atoms with Crippen molar-refractivity contribution in [3.8, 4) is 0 Å². The molecule has 0 bridgehead atoms. The van der Waals surface area contributed by atoms with E-state index in [9.17, 15) is 14.2 Å². The second-order valence-corrected chi connectivity index (χ2v) is 14.9. The number of carbonyl (C=O) groups excluding carboxylic acids is 2. The van der Waals surface area contributed by atoms with Crippen LogP contribution in [0.25, 0.3) is 0 Å². The van der Waals surface area contributed by atoms with Crippen molar-refractivity contribution in [1.82, 2.24) is 0 Å². The number of phosphoric acid groups is 1. The fraction of sp³-hybridized carbons (Fsp3) is 0.600. The Labute approximate surface area is 332 Å². The maximum atomic E-state index is 12.4. The van der Waals surface area contributed by atoms with Gasteiger partial charge in [0.1, 0.15) is 6.61 Å². The third kappa shape index (κ3) is 35.1. The van der Waals surface area contributed by atoms with E-state index in [1.807, 2.05) is 12.2 Å². The van der Waals surface area contributed by atoms with Crippen LogP contribution in [0, 0.1) is 0 Å². The molecule has 2 unspecified atom stereocenters. The van der Waals surface area contributed by atoms with Gasteiger partial charge in [0.2, 0.25) is 0 Å². The highest BCUT2D eigenvalue weighted by Gasteiger charge is 2.35. The van der Waals surface area contributed by atoms with Gasteiger partial charge in [-0.3, -0.25) is 14.1 Å². The fourth-order valence-corrected chi connectivity index (χ4v) is 5.69. The highest BCUT2D eigenvalue weighted by atomic mass is 31.2. The van der Waals surface area contributed by atoms with Crippen molar-refractivity contribution in [3.63, 3.8) is 0 Å². The summed E-state index contributed by atoms with van der Waals surface area (Å²) in [6, 6.07) is 0. The number of carbonyl (C=O) groups is 2. The minimum Gasteiger partial charge on any atom is -0.462 e. The first-order valence-electron chi connectivity index (χ1n) is 20.7. The van der Waals surface area contributed by atoms with Crippen LogP contribution in [0.15, 0.2) is 97.2 Å². The Kier molecular flexibility index (Phi) is 32.1. The molecule has 0 aromatic carbocycles. The number of hydrogen-bond donors (Lipinski definition) is 2. The molecular formula is C45H71O9P. The van der Waals surface area contributed by atoms with Gasteiger partial charge < -0.3 is 24.0 Å². The largest absolute Gasteiger partial charge is 0.469 e. The Morgan fingerprint density at radius 3 is 1.62 bits per heavy atom. The molecular weight excluding hydrogens is 715 g/mol. The summed E-state index contributed by atoms with van der Waals surface area (Å²) in [5, 5.41) is 0. The zero-order chi connectivity index (χ0) is 40.1. The molecule has 1 rings (SSSR count). The molecule has 0 aromatic heterocycles. The van der Waals surface area contributed by atoms with Crippen LogP contribution in [0.2, 0.25) is 0 Å². The number of unbranched alkanes of at least 4 members (excludes halogenated alkanes) is 7. The lowest BCUT2D eigenvalue weighted by atomic mass is 10.1. The van der Waals surface area contributed by atoms with Crippen molar-refractivity contribution in [2.45, 2.75) is 161 Å². The second kappa shape index (κ2) is 35.4. The molecule has 0 saturated carbocycles. The number of rotatable bonds is 35.